The summed E-state index contributed by atoms with van der Waals surface area (Å²) in [4.78, 5) is 0. The first-order valence-electron chi connectivity index (χ1n) is 3.05. The summed E-state index contributed by atoms with van der Waals surface area (Å²) in [5.41, 5.74) is 0.611. The molecule has 0 saturated carbocycles. The van der Waals surface area contributed by atoms with E-state index in [0.717, 1.165) is 0 Å². The highest BCUT2D eigenvalue weighted by Crippen LogP contribution is 2.14. The highest BCUT2D eigenvalue weighted by atomic mass is 32.2. The maximum absolute atomic E-state index is 11.1. The van der Waals surface area contributed by atoms with E-state index in [-0.39, 0.29) is 5.09 Å². The van der Waals surface area contributed by atoms with Crippen LogP contribution < -0.4 is 4.72 Å². The smallest absolute Gasteiger partial charge is 0.273 e. The first kappa shape index (κ1) is 8.29. The monoisotopic (exact) mass is 175 g/mol. The van der Waals surface area contributed by atoms with Crippen LogP contribution in [0.2, 0.25) is 0 Å². The minimum atomic E-state index is -3.40. The predicted molar refractivity (Wildman–Crippen MR) is 39.7 cm³/mol. The van der Waals surface area contributed by atoms with Crippen molar-refractivity contribution in [2.24, 2.45) is 0 Å². The van der Waals surface area contributed by atoms with Gasteiger partial charge in [-0.2, -0.15) is 0 Å². The molecule has 1 aromatic rings. The molecule has 1 aromatic heterocycles. The first-order valence-corrected chi connectivity index (χ1v) is 4.54. The molecule has 11 heavy (non-hydrogen) atoms. The minimum Gasteiger partial charge on any atom is -0.451 e. The van der Waals surface area contributed by atoms with Crippen molar-refractivity contribution < 1.29 is 12.8 Å². The van der Waals surface area contributed by atoms with E-state index in [1.807, 2.05) is 0 Å². The molecule has 0 aliphatic carbocycles. The van der Waals surface area contributed by atoms with Crippen LogP contribution in [0.4, 0.5) is 0 Å². The van der Waals surface area contributed by atoms with Crippen molar-refractivity contribution in [3.8, 4) is 0 Å². The van der Waals surface area contributed by atoms with Crippen LogP contribution in [0.25, 0.3) is 0 Å². The summed E-state index contributed by atoms with van der Waals surface area (Å²) in [5, 5.41) is -0.0139. The Morgan fingerprint density at radius 3 is 2.55 bits per heavy atom. The van der Waals surface area contributed by atoms with Gasteiger partial charge in [-0.15, -0.1) is 0 Å². The third-order valence-electron chi connectivity index (χ3n) is 1.33. The number of nitrogens with one attached hydrogen (secondary N) is 1. The maximum Gasteiger partial charge on any atom is 0.273 e. The fraction of sp³-hybridized carbons (Fsp3) is 0.333. The predicted octanol–water partition coefficient (Wildman–Crippen LogP) is 0.496. The van der Waals surface area contributed by atoms with Gasteiger partial charge in [0.15, 0.2) is 0 Å². The molecular weight excluding hydrogens is 166 g/mol. The number of aryl methyl sites for hydroxylation is 1. The minimum absolute atomic E-state index is 0.0139. The molecule has 1 rings (SSSR count). The zero-order valence-corrected chi connectivity index (χ0v) is 7.10. The van der Waals surface area contributed by atoms with Crippen molar-refractivity contribution in [3.05, 3.63) is 17.9 Å². The number of furan rings is 1. The SMILES string of the molecule is CNS(=O)(=O)c1occc1C. The second kappa shape index (κ2) is 2.67. The van der Waals surface area contributed by atoms with Crippen LogP contribution in [0, 0.1) is 6.92 Å². The van der Waals surface area contributed by atoms with Crippen LogP contribution in [0.5, 0.6) is 0 Å². The quantitative estimate of drug-likeness (QED) is 0.711. The third-order valence-corrected chi connectivity index (χ3v) is 2.77. The Labute approximate surface area is 65.3 Å². The average Bonchev–Trinajstić information content (AvgIpc) is 2.36. The lowest BCUT2D eigenvalue weighted by atomic mass is 10.4. The van der Waals surface area contributed by atoms with E-state index in [4.69, 9.17) is 4.42 Å². The molecule has 1 heterocycles. The molecule has 0 radical (unpaired) electrons. The van der Waals surface area contributed by atoms with E-state index in [9.17, 15) is 8.42 Å². The van der Waals surface area contributed by atoms with Crippen molar-refractivity contribution in [3.63, 3.8) is 0 Å². The molecule has 0 aliphatic heterocycles. The molecule has 0 fully saturated rings. The lowest BCUT2D eigenvalue weighted by Crippen LogP contribution is -2.18. The summed E-state index contributed by atoms with van der Waals surface area (Å²) in [6, 6.07) is 1.60. The van der Waals surface area contributed by atoms with Crippen molar-refractivity contribution in [1.82, 2.24) is 4.72 Å². The largest absolute Gasteiger partial charge is 0.451 e. The molecule has 0 unspecified atom stereocenters. The zero-order chi connectivity index (χ0) is 8.48. The first-order chi connectivity index (χ1) is 5.08. The number of hydrogen-bond acceptors (Lipinski definition) is 3. The molecule has 4 nitrogen and oxygen atoms in total. The Hall–Kier alpha value is -0.810. The Bertz CT molecular complexity index is 338. The third kappa shape index (κ3) is 1.44. The number of sulfonamides is 1. The van der Waals surface area contributed by atoms with Gasteiger partial charge in [0.25, 0.3) is 10.0 Å². The number of hydrogen-bond donors (Lipinski definition) is 1. The molecule has 0 spiro atoms. The van der Waals surface area contributed by atoms with Crippen molar-refractivity contribution >= 4 is 10.0 Å². The van der Waals surface area contributed by atoms with Crippen LogP contribution in [0.3, 0.4) is 0 Å². The normalized spacial score (nSPS) is 11.8. The van der Waals surface area contributed by atoms with Gasteiger partial charge >= 0.3 is 0 Å². The molecule has 1 N–H and O–H groups in total. The van der Waals surface area contributed by atoms with Crippen molar-refractivity contribution in [2.45, 2.75) is 12.0 Å². The second-order valence-electron chi connectivity index (χ2n) is 2.10. The summed E-state index contributed by atoms with van der Waals surface area (Å²) in [6.45, 7) is 1.67. The summed E-state index contributed by atoms with van der Waals surface area (Å²) < 4.78 is 29.1. The molecule has 0 saturated heterocycles. The van der Waals surface area contributed by atoms with Crippen molar-refractivity contribution in [2.75, 3.05) is 7.05 Å². The molecule has 0 amide bonds. The van der Waals surface area contributed by atoms with Crippen LogP contribution in [-0.2, 0) is 10.0 Å². The second-order valence-corrected chi connectivity index (χ2v) is 3.88. The lowest BCUT2D eigenvalue weighted by Gasteiger charge is -1.97. The van der Waals surface area contributed by atoms with Crippen LogP contribution in [-0.4, -0.2) is 15.5 Å². The standard InChI is InChI=1S/C6H9NO3S/c1-5-3-4-10-6(5)11(8,9)7-2/h3-4,7H,1-2H3. The van der Waals surface area contributed by atoms with Gasteiger partial charge in [-0.25, -0.2) is 13.1 Å². The van der Waals surface area contributed by atoms with Gasteiger partial charge in [-0.3, -0.25) is 0 Å². The van der Waals surface area contributed by atoms with Gasteiger partial charge in [0, 0.05) is 5.56 Å². The van der Waals surface area contributed by atoms with Gasteiger partial charge < -0.3 is 4.42 Å². The Morgan fingerprint density at radius 2 is 2.18 bits per heavy atom. The van der Waals surface area contributed by atoms with Gasteiger partial charge in [0.1, 0.15) is 0 Å². The van der Waals surface area contributed by atoms with Gasteiger partial charge in [0.05, 0.1) is 6.26 Å². The lowest BCUT2D eigenvalue weighted by molar-refractivity contribution is 0.444. The molecular formula is C6H9NO3S. The summed E-state index contributed by atoms with van der Waals surface area (Å²) in [7, 11) is -2.06. The molecule has 62 valence electrons. The zero-order valence-electron chi connectivity index (χ0n) is 6.29. The maximum atomic E-state index is 11.1. The van der Waals surface area contributed by atoms with E-state index < -0.39 is 10.0 Å². The van der Waals surface area contributed by atoms with E-state index in [0.29, 0.717) is 5.56 Å². The highest BCUT2D eigenvalue weighted by Gasteiger charge is 2.17. The summed E-state index contributed by atoms with van der Waals surface area (Å²) in [5.74, 6) is 0. The number of rotatable bonds is 2. The summed E-state index contributed by atoms with van der Waals surface area (Å²) >= 11 is 0. The Kier molecular flexibility index (Phi) is 2.01. The van der Waals surface area contributed by atoms with Gasteiger partial charge in [0.2, 0.25) is 5.09 Å². The topological polar surface area (TPSA) is 59.3 Å². The van der Waals surface area contributed by atoms with E-state index in [1.54, 1.807) is 13.0 Å². The van der Waals surface area contributed by atoms with Gasteiger partial charge in [-0.05, 0) is 20.0 Å². The van der Waals surface area contributed by atoms with Crippen molar-refractivity contribution in [1.29, 1.82) is 0 Å². The molecule has 0 aromatic carbocycles. The molecule has 0 aliphatic rings. The Morgan fingerprint density at radius 1 is 1.55 bits per heavy atom. The fourth-order valence-electron chi connectivity index (χ4n) is 0.727. The van der Waals surface area contributed by atoms with Gasteiger partial charge in [-0.1, -0.05) is 0 Å². The highest BCUT2D eigenvalue weighted by molar-refractivity contribution is 7.89. The van der Waals surface area contributed by atoms with Crippen LogP contribution >= 0.6 is 0 Å². The molecule has 5 heteroatoms. The van der Waals surface area contributed by atoms with E-state index >= 15 is 0 Å². The fourth-order valence-corrected chi connectivity index (χ4v) is 1.59. The average molecular weight is 175 g/mol. The molecule has 0 bridgehead atoms. The Balaban J connectivity index is 3.22. The van der Waals surface area contributed by atoms with E-state index in [1.165, 1.54) is 13.3 Å². The van der Waals surface area contributed by atoms with Crippen LogP contribution in [0.1, 0.15) is 5.56 Å². The van der Waals surface area contributed by atoms with E-state index in [2.05, 4.69) is 4.72 Å². The molecule has 0 atom stereocenters. The summed E-state index contributed by atoms with van der Waals surface area (Å²) in [6.07, 6.45) is 1.35. The van der Waals surface area contributed by atoms with Crippen LogP contribution in [0.15, 0.2) is 21.8 Å².